The van der Waals surface area contributed by atoms with Crippen molar-refractivity contribution in [1.82, 2.24) is 0 Å². The number of hydrogen-bond acceptors (Lipinski definition) is 3. The van der Waals surface area contributed by atoms with Gasteiger partial charge in [-0.25, -0.2) is 8.42 Å². The van der Waals surface area contributed by atoms with Crippen molar-refractivity contribution in [1.29, 1.82) is 0 Å². The smallest absolute Gasteiger partial charge is 0.182 e. The number of benzene rings is 1. The first kappa shape index (κ1) is 11.5. The molecule has 3 nitrogen and oxygen atoms in total. The molecule has 2 rings (SSSR count). The molecule has 0 spiro atoms. The molecular weight excluding hydrogens is 222 g/mol. The fourth-order valence-corrected chi connectivity index (χ4v) is 3.82. The maximum absolute atomic E-state index is 12.1. The molecule has 1 aromatic carbocycles. The van der Waals surface area contributed by atoms with Gasteiger partial charge in [-0.05, 0) is 30.5 Å². The largest absolute Gasteiger partial charge is 0.380 e. The van der Waals surface area contributed by atoms with E-state index >= 15 is 0 Å². The van der Waals surface area contributed by atoms with Gasteiger partial charge in [-0.2, -0.15) is 0 Å². The summed E-state index contributed by atoms with van der Waals surface area (Å²) < 4.78 is 24.1. The number of aryl methyl sites for hydroxylation is 1. The van der Waals surface area contributed by atoms with Crippen LogP contribution in [0, 0.1) is 0 Å². The van der Waals surface area contributed by atoms with Crippen molar-refractivity contribution in [3.8, 4) is 0 Å². The highest BCUT2D eigenvalue weighted by molar-refractivity contribution is 7.91. The van der Waals surface area contributed by atoms with E-state index in [1.54, 1.807) is 6.07 Å². The number of rotatable bonds is 2. The Labute approximate surface area is 96.8 Å². The first-order valence-electron chi connectivity index (χ1n) is 5.69. The maximum Gasteiger partial charge on any atom is 0.182 e. The molecule has 1 aliphatic heterocycles. The summed E-state index contributed by atoms with van der Waals surface area (Å²) in [6.45, 7) is 4.03. The Morgan fingerprint density at radius 2 is 2.12 bits per heavy atom. The molecule has 0 aromatic heterocycles. The van der Waals surface area contributed by atoms with E-state index in [0.29, 0.717) is 4.90 Å². The van der Waals surface area contributed by atoms with Gasteiger partial charge < -0.3 is 5.32 Å². The van der Waals surface area contributed by atoms with E-state index in [0.717, 1.165) is 24.1 Å². The molecule has 1 aromatic rings. The van der Waals surface area contributed by atoms with Crippen molar-refractivity contribution >= 4 is 15.5 Å². The molecule has 1 atom stereocenters. The molecule has 0 radical (unpaired) electrons. The first-order chi connectivity index (χ1) is 7.56. The average molecular weight is 239 g/mol. The summed E-state index contributed by atoms with van der Waals surface area (Å²) in [7, 11) is -3.10. The summed E-state index contributed by atoms with van der Waals surface area (Å²) in [6, 6.07) is 5.71. The summed E-state index contributed by atoms with van der Waals surface area (Å²) in [5, 5.41) is 3.27. The van der Waals surface area contributed by atoms with Gasteiger partial charge in [-0.1, -0.05) is 19.9 Å². The summed E-state index contributed by atoms with van der Waals surface area (Å²) in [5.41, 5.74) is 1.83. The first-order valence-corrected chi connectivity index (χ1v) is 7.34. The van der Waals surface area contributed by atoms with Crippen LogP contribution in [0.25, 0.3) is 0 Å². The molecule has 0 bridgehead atoms. The third kappa shape index (κ3) is 1.94. The Bertz CT molecular complexity index is 494. The second kappa shape index (κ2) is 4.09. The van der Waals surface area contributed by atoms with Gasteiger partial charge in [-0.15, -0.1) is 0 Å². The second-order valence-electron chi connectivity index (χ2n) is 4.21. The lowest BCUT2D eigenvalue weighted by Crippen LogP contribution is -2.33. The fourth-order valence-electron chi connectivity index (χ4n) is 2.00. The quantitative estimate of drug-likeness (QED) is 0.860. The van der Waals surface area contributed by atoms with E-state index in [4.69, 9.17) is 0 Å². The van der Waals surface area contributed by atoms with Gasteiger partial charge in [0.25, 0.3) is 0 Å². The third-order valence-electron chi connectivity index (χ3n) is 3.06. The van der Waals surface area contributed by atoms with Crippen LogP contribution in [0.4, 0.5) is 5.69 Å². The van der Waals surface area contributed by atoms with Crippen LogP contribution in [-0.4, -0.2) is 20.2 Å². The monoisotopic (exact) mass is 239 g/mol. The number of nitrogens with one attached hydrogen (secondary N) is 1. The standard InChI is InChI=1S/C12H17NO2S/c1-3-9-5-6-11-12(7-9)16(14,15)8-10(4-2)13-11/h5-7,10,13H,3-4,8H2,1-2H3. The predicted molar refractivity (Wildman–Crippen MR) is 65.6 cm³/mol. The van der Waals surface area contributed by atoms with Crippen LogP contribution < -0.4 is 5.32 Å². The van der Waals surface area contributed by atoms with Gasteiger partial charge in [0, 0.05) is 6.04 Å². The van der Waals surface area contributed by atoms with Gasteiger partial charge in [0.2, 0.25) is 0 Å². The predicted octanol–water partition coefficient (Wildman–Crippen LogP) is 2.23. The zero-order chi connectivity index (χ0) is 11.8. The average Bonchev–Trinajstić information content (AvgIpc) is 2.27. The lowest BCUT2D eigenvalue weighted by molar-refractivity contribution is 0.583. The van der Waals surface area contributed by atoms with E-state index in [1.807, 2.05) is 26.0 Å². The van der Waals surface area contributed by atoms with Crippen LogP contribution in [0.2, 0.25) is 0 Å². The SMILES string of the molecule is CCc1ccc2c(c1)S(=O)(=O)CC(CC)N2. The lowest BCUT2D eigenvalue weighted by Gasteiger charge is -2.26. The Morgan fingerprint density at radius 3 is 2.75 bits per heavy atom. The van der Waals surface area contributed by atoms with Gasteiger partial charge in [0.15, 0.2) is 9.84 Å². The van der Waals surface area contributed by atoms with Crippen LogP contribution >= 0.6 is 0 Å². The zero-order valence-electron chi connectivity index (χ0n) is 9.66. The minimum absolute atomic E-state index is 0.0463. The summed E-state index contributed by atoms with van der Waals surface area (Å²) in [6.07, 6.45) is 1.69. The minimum atomic E-state index is -3.10. The summed E-state index contributed by atoms with van der Waals surface area (Å²) in [4.78, 5) is 0.469. The molecule has 0 fully saturated rings. The molecule has 16 heavy (non-hydrogen) atoms. The molecule has 0 saturated carbocycles. The molecule has 88 valence electrons. The Kier molecular flexibility index (Phi) is 2.93. The Morgan fingerprint density at radius 1 is 1.38 bits per heavy atom. The maximum atomic E-state index is 12.1. The number of anilines is 1. The molecule has 0 amide bonds. The highest BCUT2D eigenvalue weighted by Crippen LogP contribution is 2.30. The third-order valence-corrected chi connectivity index (χ3v) is 4.91. The summed E-state index contributed by atoms with van der Waals surface area (Å²) in [5.74, 6) is 0.212. The lowest BCUT2D eigenvalue weighted by atomic mass is 10.1. The normalized spacial score (nSPS) is 22.2. The Hall–Kier alpha value is -1.03. The molecular formula is C12H17NO2S. The molecule has 1 heterocycles. The number of fused-ring (bicyclic) bond motifs is 1. The van der Waals surface area contributed by atoms with E-state index in [9.17, 15) is 8.42 Å². The number of hydrogen-bond donors (Lipinski definition) is 1. The molecule has 1 aliphatic rings. The van der Waals surface area contributed by atoms with Crippen LogP contribution in [-0.2, 0) is 16.3 Å². The van der Waals surface area contributed by atoms with Crippen LogP contribution in [0.15, 0.2) is 23.1 Å². The van der Waals surface area contributed by atoms with Gasteiger partial charge in [0.1, 0.15) is 0 Å². The van der Waals surface area contributed by atoms with E-state index < -0.39 is 9.84 Å². The zero-order valence-corrected chi connectivity index (χ0v) is 10.5. The van der Waals surface area contributed by atoms with Gasteiger partial charge in [0.05, 0.1) is 16.3 Å². The van der Waals surface area contributed by atoms with Crippen molar-refractivity contribution in [2.75, 3.05) is 11.1 Å². The van der Waals surface area contributed by atoms with Crippen molar-refractivity contribution in [3.63, 3.8) is 0 Å². The molecule has 4 heteroatoms. The minimum Gasteiger partial charge on any atom is -0.380 e. The Balaban J connectivity index is 2.52. The van der Waals surface area contributed by atoms with Crippen LogP contribution in [0.5, 0.6) is 0 Å². The van der Waals surface area contributed by atoms with Crippen molar-refractivity contribution in [2.45, 2.75) is 37.6 Å². The number of sulfone groups is 1. The van der Waals surface area contributed by atoms with E-state index in [1.165, 1.54) is 0 Å². The molecule has 0 saturated heterocycles. The van der Waals surface area contributed by atoms with Gasteiger partial charge in [-0.3, -0.25) is 0 Å². The van der Waals surface area contributed by atoms with Gasteiger partial charge >= 0.3 is 0 Å². The molecule has 0 aliphatic carbocycles. The molecule has 1 unspecified atom stereocenters. The van der Waals surface area contributed by atoms with Crippen molar-refractivity contribution in [3.05, 3.63) is 23.8 Å². The van der Waals surface area contributed by atoms with Crippen molar-refractivity contribution < 1.29 is 8.42 Å². The fraction of sp³-hybridized carbons (Fsp3) is 0.500. The second-order valence-corrected chi connectivity index (χ2v) is 6.22. The van der Waals surface area contributed by atoms with Crippen molar-refractivity contribution in [2.24, 2.45) is 0 Å². The van der Waals surface area contributed by atoms with Crippen LogP contribution in [0.3, 0.4) is 0 Å². The van der Waals surface area contributed by atoms with E-state index in [-0.39, 0.29) is 11.8 Å². The highest BCUT2D eigenvalue weighted by Gasteiger charge is 2.28. The topological polar surface area (TPSA) is 46.2 Å². The van der Waals surface area contributed by atoms with Crippen LogP contribution in [0.1, 0.15) is 25.8 Å². The highest BCUT2D eigenvalue weighted by atomic mass is 32.2. The summed E-state index contributed by atoms with van der Waals surface area (Å²) >= 11 is 0. The molecule has 1 N–H and O–H groups in total. The van der Waals surface area contributed by atoms with E-state index in [2.05, 4.69) is 5.32 Å².